The van der Waals surface area contributed by atoms with Gasteiger partial charge in [-0.2, -0.15) is 0 Å². The first-order chi connectivity index (χ1) is 7.88. The third-order valence-corrected chi connectivity index (χ3v) is 2.54. The Morgan fingerprint density at radius 1 is 1.35 bits per heavy atom. The van der Waals surface area contributed by atoms with Crippen LogP contribution in [0.25, 0.3) is 0 Å². The largest absolute Gasteiger partial charge is 0.480 e. The van der Waals surface area contributed by atoms with Crippen LogP contribution >= 0.6 is 0 Å². The fraction of sp³-hybridized carbons (Fsp3) is 0.818. The van der Waals surface area contributed by atoms with E-state index in [4.69, 9.17) is 5.11 Å². The van der Waals surface area contributed by atoms with Gasteiger partial charge in [0.05, 0.1) is 0 Å². The molecular formula is C11H23N3O3. The van der Waals surface area contributed by atoms with Gasteiger partial charge in [-0.3, -0.25) is 0 Å². The normalized spacial score (nSPS) is 12.6. The first-order valence-corrected chi connectivity index (χ1v) is 5.84. The fourth-order valence-corrected chi connectivity index (χ4v) is 1.22. The monoisotopic (exact) mass is 245 g/mol. The van der Waals surface area contributed by atoms with Crippen molar-refractivity contribution in [1.29, 1.82) is 0 Å². The molecule has 0 bridgehead atoms. The summed E-state index contributed by atoms with van der Waals surface area (Å²) in [7, 11) is 1.95. The van der Waals surface area contributed by atoms with Crippen molar-refractivity contribution in [2.45, 2.75) is 26.8 Å². The van der Waals surface area contributed by atoms with Crippen molar-refractivity contribution in [3.05, 3.63) is 0 Å². The van der Waals surface area contributed by atoms with E-state index < -0.39 is 18.0 Å². The van der Waals surface area contributed by atoms with E-state index in [9.17, 15) is 9.59 Å². The number of amides is 2. The van der Waals surface area contributed by atoms with E-state index in [-0.39, 0.29) is 5.92 Å². The van der Waals surface area contributed by atoms with Crippen LogP contribution in [0.4, 0.5) is 4.79 Å². The van der Waals surface area contributed by atoms with Crippen molar-refractivity contribution in [2.75, 3.05) is 26.7 Å². The smallest absolute Gasteiger partial charge is 0.326 e. The number of aliphatic carboxylic acids is 1. The predicted octanol–water partition coefficient (Wildman–Crippen LogP) is 0.347. The first kappa shape index (κ1) is 15.7. The van der Waals surface area contributed by atoms with Gasteiger partial charge in [-0.1, -0.05) is 20.8 Å². The highest BCUT2D eigenvalue weighted by Gasteiger charge is 2.22. The number of urea groups is 1. The topological polar surface area (TPSA) is 81.7 Å². The lowest BCUT2D eigenvalue weighted by molar-refractivity contribution is -0.140. The molecule has 1 atom stereocenters. The molecule has 0 rings (SSSR count). The van der Waals surface area contributed by atoms with E-state index in [1.54, 1.807) is 13.8 Å². The number of likely N-dealkylation sites (N-methyl/N-ethyl adjacent to an activating group) is 1. The van der Waals surface area contributed by atoms with Gasteiger partial charge in [0.1, 0.15) is 6.04 Å². The van der Waals surface area contributed by atoms with Crippen molar-refractivity contribution in [1.82, 2.24) is 15.5 Å². The van der Waals surface area contributed by atoms with Gasteiger partial charge in [-0.05, 0) is 19.5 Å². The van der Waals surface area contributed by atoms with Crippen molar-refractivity contribution >= 4 is 12.0 Å². The van der Waals surface area contributed by atoms with E-state index in [0.717, 1.165) is 13.1 Å². The maximum absolute atomic E-state index is 11.4. The molecule has 0 aromatic heterocycles. The minimum atomic E-state index is -1.01. The van der Waals surface area contributed by atoms with E-state index in [1.165, 1.54) is 0 Å². The molecule has 0 aromatic rings. The molecule has 2 amide bonds. The van der Waals surface area contributed by atoms with Gasteiger partial charge in [0.25, 0.3) is 0 Å². The van der Waals surface area contributed by atoms with Crippen LogP contribution in [0.2, 0.25) is 0 Å². The number of nitrogens with zero attached hydrogens (tertiary/aromatic N) is 1. The Hall–Kier alpha value is -1.30. The third kappa shape index (κ3) is 6.78. The van der Waals surface area contributed by atoms with E-state index in [0.29, 0.717) is 6.54 Å². The van der Waals surface area contributed by atoms with Gasteiger partial charge in [-0.25, -0.2) is 9.59 Å². The van der Waals surface area contributed by atoms with Gasteiger partial charge < -0.3 is 20.6 Å². The Morgan fingerprint density at radius 2 is 1.94 bits per heavy atom. The Labute approximate surface area is 102 Å². The fourth-order valence-electron chi connectivity index (χ4n) is 1.22. The van der Waals surface area contributed by atoms with Crippen molar-refractivity contribution in [3.8, 4) is 0 Å². The van der Waals surface area contributed by atoms with Crippen LogP contribution in [0.3, 0.4) is 0 Å². The third-order valence-electron chi connectivity index (χ3n) is 2.54. The van der Waals surface area contributed by atoms with Gasteiger partial charge in [0.15, 0.2) is 0 Å². The Morgan fingerprint density at radius 3 is 2.35 bits per heavy atom. The van der Waals surface area contributed by atoms with E-state index >= 15 is 0 Å². The number of nitrogens with one attached hydrogen (secondary N) is 2. The molecule has 0 aliphatic rings. The van der Waals surface area contributed by atoms with Gasteiger partial charge in [-0.15, -0.1) is 0 Å². The molecule has 0 saturated carbocycles. The number of hydrogen-bond donors (Lipinski definition) is 3. The molecule has 0 saturated heterocycles. The molecule has 6 heteroatoms. The van der Waals surface area contributed by atoms with Gasteiger partial charge >= 0.3 is 12.0 Å². The zero-order chi connectivity index (χ0) is 13.4. The molecule has 0 aliphatic heterocycles. The SMILES string of the molecule is CCN(C)CCNC(=O)N[C@@H](C(=O)O)C(C)C. The number of carboxylic acid groups (broad SMARTS) is 1. The Balaban J connectivity index is 3.95. The average Bonchev–Trinajstić information content (AvgIpc) is 2.24. The second kappa shape index (κ2) is 7.89. The second-order valence-electron chi connectivity index (χ2n) is 4.36. The van der Waals surface area contributed by atoms with E-state index in [1.807, 2.05) is 14.0 Å². The molecule has 0 spiro atoms. The standard InChI is InChI=1S/C11H23N3O3/c1-5-14(4)7-6-12-11(17)13-9(8(2)3)10(15)16/h8-9H,5-7H2,1-4H3,(H,15,16)(H2,12,13,17)/t9-/m1/s1. The average molecular weight is 245 g/mol. The molecular weight excluding hydrogens is 222 g/mol. The minimum Gasteiger partial charge on any atom is -0.480 e. The maximum atomic E-state index is 11.4. The van der Waals surface area contributed by atoms with Crippen LogP contribution in [0.15, 0.2) is 0 Å². The molecule has 0 heterocycles. The summed E-state index contributed by atoms with van der Waals surface area (Å²) in [4.78, 5) is 24.3. The Kier molecular flexibility index (Phi) is 7.29. The summed E-state index contributed by atoms with van der Waals surface area (Å²) in [5.74, 6) is -1.16. The van der Waals surface area contributed by atoms with Crippen molar-refractivity contribution < 1.29 is 14.7 Å². The quantitative estimate of drug-likeness (QED) is 0.604. The van der Waals surface area contributed by atoms with Crippen LogP contribution < -0.4 is 10.6 Å². The highest BCUT2D eigenvalue weighted by molar-refractivity contribution is 5.82. The van der Waals surface area contributed by atoms with Crippen LogP contribution in [0, 0.1) is 5.92 Å². The molecule has 6 nitrogen and oxygen atoms in total. The van der Waals surface area contributed by atoms with Gasteiger partial charge in [0, 0.05) is 13.1 Å². The summed E-state index contributed by atoms with van der Waals surface area (Å²) in [6, 6.07) is -1.28. The lowest BCUT2D eigenvalue weighted by Crippen LogP contribution is -2.49. The molecule has 17 heavy (non-hydrogen) atoms. The van der Waals surface area contributed by atoms with Crippen LogP contribution in [-0.2, 0) is 4.79 Å². The maximum Gasteiger partial charge on any atom is 0.326 e. The Bertz CT molecular complexity index is 256. The zero-order valence-electron chi connectivity index (χ0n) is 11.0. The van der Waals surface area contributed by atoms with E-state index in [2.05, 4.69) is 15.5 Å². The molecule has 0 radical (unpaired) electrons. The number of carbonyl (C=O) groups excluding carboxylic acids is 1. The summed E-state index contributed by atoms with van der Waals surface area (Å²) < 4.78 is 0. The summed E-state index contributed by atoms with van der Waals surface area (Å²) in [6.45, 7) is 7.68. The zero-order valence-corrected chi connectivity index (χ0v) is 11.0. The molecule has 0 unspecified atom stereocenters. The summed E-state index contributed by atoms with van der Waals surface area (Å²) >= 11 is 0. The van der Waals surface area contributed by atoms with Crippen molar-refractivity contribution in [2.24, 2.45) is 5.92 Å². The number of carbonyl (C=O) groups is 2. The van der Waals surface area contributed by atoms with Crippen LogP contribution in [0.1, 0.15) is 20.8 Å². The van der Waals surface area contributed by atoms with Crippen LogP contribution in [0.5, 0.6) is 0 Å². The minimum absolute atomic E-state index is 0.142. The molecule has 0 aromatic carbocycles. The van der Waals surface area contributed by atoms with Crippen LogP contribution in [-0.4, -0.2) is 54.7 Å². The molecule has 3 N–H and O–H groups in total. The lowest BCUT2D eigenvalue weighted by Gasteiger charge is -2.19. The number of carboxylic acids is 1. The van der Waals surface area contributed by atoms with Gasteiger partial charge in [0.2, 0.25) is 0 Å². The highest BCUT2D eigenvalue weighted by atomic mass is 16.4. The molecule has 0 fully saturated rings. The molecule has 0 aliphatic carbocycles. The molecule has 100 valence electrons. The second-order valence-corrected chi connectivity index (χ2v) is 4.36. The summed E-state index contributed by atoms with van der Waals surface area (Å²) in [5.41, 5.74) is 0. The number of hydrogen-bond acceptors (Lipinski definition) is 3. The highest BCUT2D eigenvalue weighted by Crippen LogP contribution is 2.00. The summed E-state index contributed by atoms with van der Waals surface area (Å²) in [6.07, 6.45) is 0. The first-order valence-electron chi connectivity index (χ1n) is 5.84. The lowest BCUT2D eigenvalue weighted by atomic mass is 10.1. The van der Waals surface area contributed by atoms with Crippen molar-refractivity contribution in [3.63, 3.8) is 0 Å². The number of rotatable bonds is 7. The summed E-state index contributed by atoms with van der Waals surface area (Å²) in [5, 5.41) is 14.0. The predicted molar refractivity (Wildman–Crippen MR) is 66.0 cm³/mol.